The van der Waals surface area contributed by atoms with Crippen molar-refractivity contribution < 1.29 is 18.7 Å². The molecule has 2 heterocycles. The van der Waals surface area contributed by atoms with Crippen molar-refractivity contribution >= 4 is 29.1 Å². The van der Waals surface area contributed by atoms with Gasteiger partial charge in [0.2, 0.25) is 0 Å². The van der Waals surface area contributed by atoms with Crippen molar-refractivity contribution in [3.63, 3.8) is 0 Å². The van der Waals surface area contributed by atoms with Gasteiger partial charge in [0, 0.05) is 0 Å². The summed E-state index contributed by atoms with van der Waals surface area (Å²) < 4.78 is 28.0. The Bertz CT molecular complexity index is 1120. The summed E-state index contributed by atoms with van der Waals surface area (Å²) in [5.41, 5.74) is -1.26. The summed E-state index contributed by atoms with van der Waals surface area (Å²) in [4.78, 5) is 18.6. The number of halogens is 4. The molecule has 0 aliphatic heterocycles. The number of benzene rings is 1. The van der Waals surface area contributed by atoms with Gasteiger partial charge in [-0.1, -0.05) is 35.3 Å². The van der Waals surface area contributed by atoms with Gasteiger partial charge in [0.25, 0.3) is 5.91 Å². The summed E-state index contributed by atoms with van der Waals surface area (Å²) in [5, 5.41) is 22.0. The number of rotatable bonds is 5. The van der Waals surface area contributed by atoms with Gasteiger partial charge >= 0.3 is 0 Å². The normalized spacial score (nSPS) is 21.8. The van der Waals surface area contributed by atoms with Crippen LogP contribution in [0, 0.1) is 5.82 Å². The zero-order chi connectivity index (χ0) is 22.9. The van der Waals surface area contributed by atoms with Crippen molar-refractivity contribution in [1.82, 2.24) is 25.3 Å². The lowest BCUT2D eigenvalue weighted by Crippen LogP contribution is -2.49. The molecule has 1 aromatic carbocycles. The fraction of sp³-hybridized carbons (Fsp3) is 0.333. The Morgan fingerprint density at radius 2 is 1.88 bits per heavy atom. The van der Waals surface area contributed by atoms with Crippen LogP contribution in [0.25, 0.3) is 5.82 Å². The molecule has 1 aliphatic carbocycles. The third kappa shape index (κ3) is 4.46. The summed E-state index contributed by atoms with van der Waals surface area (Å²) in [6, 6.07) is 5.90. The third-order valence-electron chi connectivity index (χ3n) is 5.58. The first-order chi connectivity index (χ1) is 15.3. The zero-order valence-electron chi connectivity index (χ0n) is 16.7. The molecule has 2 aromatic heterocycles. The minimum atomic E-state index is -1.53. The number of aromatic nitrogens is 4. The molecule has 0 spiro atoms. The molecule has 1 aliphatic rings. The van der Waals surface area contributed by atoms with Gasteiger partial charge in [0.1, 0.15) is 17.1 Å². The fourth-order valence-electron chi connectivity index (χ4n) is 3.91. The minimum absolute atomic E-state index is 0.0678. The molecule has 32 heavy (non-hydrogen) atoms. The molecule has 2 N–H and O–H groups in total. The molecule has 4 rings (SSSR count). The fourth-order valence-corrected chi connectivity index (χ4v) is 4.28. The molecular formula is C21H19Cl2F2N5O2. The predicted molar refractivity (Wildman–Crippen MR) is 114 cm³/mol. The van der Waals surface area contributed by atoms with Crippen LogP contribution in [0.5, 0.6) is 0 Å². The van der Waals surface area contributed by atoms with Crippen LogP contribution in [0.4, 0.5) is 8.78 Å². The maximum absolute atomic E-state index is 14.2. The van der Waals surface area contributed by atoms with Crippen LogP contribution in [0.2, 0.25) is 10.2 Å². The number of nitrogens with one attached hydrogen (secondary N) is 1. The number of aliphatic hydroxyl groups is 1. The highest BCUT2D eigenvalue weighted by Gasteiger charge is 2.43. The van der Waals surface area contributed by atoms with Crippen molar-refractivity contribution in [3.8, 4) is 5.82 Å². The lowest BCUT2D eigenvalue weighted by Gasteiger charge is -2.41. The molecule has 3 aromatic rings. The van der Waals surface area contributed by atoms with E-state index >= 15 is 0 Å². The number of nitrogens with zero attached hydrogens (tertiary/aromatic N) is 4. The van der Waals surface area contributed by atoms with Crippen LogP contribution >= 0.6 is 23.2 Å². The van der Waals surface area contributed by atoms with Gasteiger partial charge in [-0.15, -0.1) is 4.80 Å². The van der Waals surface area contributed by atoms with E-state index in [1.807, 2.05) is 0 Å². The molecule has 1 atom stereocenters. The van der Waals surface area contributed by atoms with Gasteiger partial charge in [-0.25, -0.2) is 13.8 Å². The van der Waals surface area contributed by atoms with E-state index < -0.39 is 29.5 Å². The second kappa shape index (κ2) is 9.09. The van der Waals surface area contributed by atoms with Crippen LogP contribution in [-0.4, -0.2) is 42.8 Å². The van der Waals surface area contributed by atoms with Crippen LogP contribution in [0.1, 0.15) is 47.6 Å². The molecule has 1 saturated carbocycles. The highest BCUT2D eigenvalue weighted by atomic mass is 35.5. The summed E-state index contributed by atoms with van der Waals surface area (Å²) in [6.45, 7) is 0. The van der Waals surface area contributed by atoms with E-state index in [0.29, 0.717) is 0 Å². The second-order valence-electron chi connectivity index (χ2n) is 7.65. The van der Waals surface area contributed by atoms with E-state index in [1.54, 1.807) is 0 Å². The number of alkyl halides is 1. The Balaban J connectivity index is 1.74. The number of amides is 1. The van der Waals surface area contributed by atoms with Gasteiger partial charge in [0.15, 0.2) is 5.82 Å². The summed E-state index contributed by atoms with van der Waals surface area (Å²) >= 11 is 12.2. The second-order valence-corrected chi connectivity index (χ2v) is 8.42. The van der Waals surface area contributed by atoms with Crippen LogP contribution in [0.15, 0.2) is 42.7 Å². The summed E-state index contributed by atoms with van der Waals surface area (Å²) in [7, 11) is 0. The number of pyridine rings is 1. The largest absolute Gasteiger partial charge is 0.387 e. The molecule has 168 valence electrons. The molecule has 7 nitrogen and oxygen atoms in total. The standard InChI is InChI=1S/C21H19Cl2F2N5O2/c22-16-5-4-14(19(28-16)30-26-10-11-27-30)20(31)29-18(13-2-1-3-15(25)17(13)23)21(32)8-6-12(24)7-9-21/h1-5,10-12,18,32H,6-9H2,(H,29,31)/t12-,18?,21-. The number of carbonyl (C=O) groups excluding carboxylic acids is 1. The average molecular weight is 482 g/mol. The van der Waals surface area contributed by atoms with Crippen molar-refractivity contribution in [2.45, 2.75) is 43.5 Å². The maximum atomic E-state index is 14.2. The van der Waals surface area contributed by atoms with E-state index in [1.165, 1.54) is 42.7 Å². The van der Waals surface area contributed by atoms with Gasteiger partial charge in [-0.05, 0) is 49.4 Å². The average Bonchev–Trinajstić information content (AvgIpc) is 3.31. The quantitative estimate of drug-likeness (QED) is 0.532. The molecule has 0 bridgehead atoms. The number of hydrogen-bond donors (Lipinski definition) is 2. The number of hydrogen-bond acceptors (Lipinski definition) is 5. The Morgan fingerprint density at radius 3 is 2.56 bits per heavy atom. The smallest absolute Gasteiger partial charge is 0.255 e. The Kier molecular flexibility index (Phi) is 6.41. The van der Waals surface area contributed by atoms with Gasteiger partial charge in [0.05, 0.1) is 34.6 Å². The highest BCUT2D eigenvalue weighted by Crippen LogP contribution is 2.42. The van der Waals surface area contributed by atoms with E-state index in [0.717, 1.165) is 4.80 Å². The molecular weight excluding hydrogens is 463 g/mol. The first kappa shape index (κ1) is 22.6. The molecule has 11 heteroatoms. The highest BCUT2D eigenvalue weighted by molar-refractivity contribution is 6.31. The van der Waals surface area contributed by atoms with Crippen molar-refractivity contribution in [2.75, 3.05) is 0 Å². The van der Waals surface area contributed by atoms with Crippen LogP contribution < -0.4 is 5.32 Å². The maximum Gasteiger partial charge on any atom is 0.255 e. The van der Waals surface area contributed by atoms with Crippen LogP contribution in [-0.2, 0) is 0 Å². The lowest BCUT2D eigenvalue weighted by molar-refractivity contribution is -0.0445. The van der Waals surface area contributed by atoms with Crippen LogP contribution in [0.3, 0.4) is 0 Å². The molecule has 0 saturated heterocycles. The topological polar surface area (TPSA) is 92.9 Å². The Labute approximate surface area is 192 Å². The first-order valence-corrected chi connectivity index (χ1v) is 10.7. The predicted octanol–water partition coefficient (Wildman–Crippen LogP) is 4.22. The minimum Gasteiger partial charge on any atom is -0.387 e. The monoisotopic (exact) mass is 481 g/mol. The lowest BCUT2D eigenvalue weighted by atomic mass is 9.76. The van der Waals surface area contributed by atoms with E-state index in [-0.39, 0.29) is 52.8 Å². The SMILES string of the molecule is O=C(NC(c1cccc(F)c1Cl)[C@]1(O)CC[C@H](F)CC1)c1ccc(Cl)nc1-n1nccn1. The molecule has 1 amide bonds. The van der Waals surface area contributed by atoms with E-state index in [9.17, 15) is 18.7 Å². The Hall–Kier alpha value is -2.62. The van der Waals surface area contributed by atoms with Crippen molar-refractivity contribution in [1.29, 1.82) is 0 Å². The first-order valence-electron chi connectivity index (χ1n) is 9.93. The Morgan fingerprint density at radius 1 is 1.19 bits per heavy atom. The van der Waals surface area contributed by atoms with Gasteiger partial charge in [-0.3, -0.25) is 4.79 Å². The zero-order valence-corrected chi connectivity index (χ0v) is 18.2. The van der Waals surface area contributed by atoms with Gasteiger partial charge < -0.3 is 10.4 Å². The van der Waals surface area contributed by atoms with E-state index in [2.05, 4.69) is 20.5 Å². The number of carbonyl (C=O) groups is 1. The van der Waals surface area contributed by atoms with Crippen molar-refractivity contribution in [2.24, 2.45) is 0 Å². The van der Waals surface area contributed by atoms with Gasteiger partial charge in [-0.2, -0.15) is 10.2 Å². The van der Waals surface area contributed by atoms with E-state index in [4.69, 9.17) is 23.2 Å². The molecule has 0 radical (unpaired) electrons. The third-order valence-corrected chi connectivity index (χ3v) is 6.19. The van der Waals surface area contributed by atoms with Crippen molar-refractivity contribution in [3.05, 3.63) is 69.8 Å². The summed E-state index contributed by atoms with van der Waals surface area (Å²) in [5.74, 6) is -1.26. The molecule has 1 fully saturated rings. The summed E-state index contributed by atoms with van der Waals surface area (Å²) in [6.07, 6.45) is 2.14. The molecule has 1 unspecified atom stereocenters.